The highest BCUT2D eigenvalue weighted by Crippen LogP contribution is 2.22. The molecule has 0 aromatic heterocycles. The summed E-state index contributed by atoms with van der Waals surface area (Å²) < 4.78 is 0. The Morgan fingerprint density at radius 3 is 2.82 bits per heavy atom. The van der Waals surface area contributed by atoms with Crippen LogP contribution in [0.2, 0.25) is 0 Å². The van der Waals surface area contributed by atoms with E-state index >= 15 is 0 Å². The van der Waals surface area contributed by atoms with Crippen LogP contribution in [0.15, 0.2) is 18.2 Å². The third-order valence-electron chi connectivity index (χ3n) is 3.37. The smallest absolute Gasteiger partial charge is 0.272 e. The standard InChI is InChI=1S/C12H17N3O2/c1-8-9(3-2-4-12(8)15(16)17)7-14-11-5-10(13)6-11/h2-4,10-11,14H,5-7,13H2,1H3. The van der Waals surface area contributed by atoms with Gasteiger partial charge in [-0.05, 0) is 25.3 Å². The Labute approximate surface area is 100 Å². The van der Waals surface area contributed by atoms with Crippen molar-refractivity contribution in [2.75, 3.05) is 0 Å². The van der Waals surface area contributed by atoms with Crippen molar-refractivity contribution in [1.29, 1.82) is 0 Å². The molecule has 5 nitrogen and oxygen atoms in total. The van der Waals surface area contributed by atoms with Crippen LogP contribution in [-0.4, -0.2) is 17.0 Å². The third kappa shape index (κ3) is 2.62. The average molecular weight is 235 g/mol. The van der Waals surface area contributed by atoms with Gasteiger partial charge in [0.15, 0.2) is 0 Å². The first-order valence-electron chi connectivity index (χ1n) is 5.79. The molecule has 3 N–H and O–H groups in total. The normalized spacial score (nSPS) is 23.2. The Balaban J connectivity index is 2.01. The Morgan fingerprint density at radius 1 is 1.53 bits per heavy atom. The van der Waals surface area contributed by atoms with Gasteiger partial charge >= 0.3 is 0 Å². The molecule has 1 aromatic rings. The van der Waals surface area contributed by atoms with Crippen molar-refractivity contribution >= 4 is 5.69 Å². The van der Waals surface area contributed by atoms with Gasteiger partial charge in [0.1, 0.15) is 0 Å². The number of hydrogen-bond acceptors (Lipinski definition) is 4. The van der Waals surface area contributed by atoms with E-state index in [1.807, 2.05) is 6.07 Å². The van der Waals surface area contributed by atoms with Crippen LogP contribution < -0.4 is 11.1 Å². The largest absolute Gasteiger partial charge is 0.328 e. The van der Waals surface area contributed by atoms with Crippen molar-refractivity contribution in [2.24, 2.45) is 5.73 Å². The molecule has 0 bridgehead atoms. The summed E-state index contributed by atoms with van der Waals surface area (Å²) in [5.74, 6) is 0. The van der Waals surface area contributed by atoms with Crippen LogP contribution in [0.1, 0.15) is 24.0 Å². The molecule has 0 spiro atoms. The molecule has 5 heteroatoms. The van der Waals surface area contributed by atoms with Crippen LogP contribution in [0.3, 0.4) is 0 Å². The van der Waals surface area contributed by atoms with Gasteiger partial charge in [-0.25, -0.2) is 0 Å². The van der Waals surface area contributed by atoms with Gasteiger partial charge in [-0.1, -0.05) is 12.1 Å². The number of nitro groups is 1. The highest BCUT2D eigenvalue weighted by Gasteiger charge is 2.25. The number of nitro benzene ring substituents is 1. The predicted octanol–water partition coefficient (Wildman–Crippen LogP) is 1.48. The van der Waals surface area contributed by atoms with Crippen LogP contribution >= 0.6 is 0 Å². The minimum absolute atomic E-state index is 0.189. The molecule has 1 fully saturated rings. The molecule has 1 aromatic carbocycles. The van der Waals surface area contributed by atoms with Crippen molar-refractivity contribution in [1.82, 2.24) is 5.32 Å². The summed E-state index contributed by atoms with van der Waals surface area (Å²) >= 11 is 0. The predicted molar refractivity (Wildman–Crippen MR) is 65.7 cm³/mol. The van der Waals surface area contributed by atoms with Gasteiger partial charge in [0.25, 0.3) is 5.69 Å². The first-order valence-corrected chi connectivity index (χ1v) is 5.79. The topological polar surface area (TPSA) is 81.2 Å². The zero-order valence-electron chi connectivity index (χ0n) is 9.85. The van der Waals surface area contributed by atoms with E-state index in [4.69, 9.17) is 5.73 Å². The number of nitrogens with two attached hydrogens (primary N) is 1. The number of rotatable bonds is 4. The molecule has 0 atom stereocenters. The summed E-state index contributed by atoms with van der Waals surface area (Å²) in [4.78, 5) is 10.5. The van der Waals surface area contributed by atoms with E-state index in [2.05, 4.69) is 5.32 Å². The maximum atomic E-state index is 10.8. The fourth-order valence-electron chi connectivity index (χ4n) is 2.14. The Bertz CT molecular complexity index is 428. The van der Waals surface area contributed by atoms with Crippen molar-refractivity contribution < 1.29 is 4.92 Å². The lowest BCUT2D eigenvalue weighted by atomic mass is 9.87. The first-order chi connectivity index (χ1) is 8.08. The average Bonchev–Trinajstić information content (AvgIpc) is 2.24. The lowest BCUT2D eigenvalue weighted by Crippen LogP contribution is -2.48. The summed E-state index contributed by atoms with van der Waals surface area (Å²) in [6, 6.07) is 5.98. The molecule has 2 rings (SSSR count). The molecule has 17 heavy (non-hydrogen) atoms. The Kier molecular flexibility index (Phi) is 3.40. The van der Waals surface area contributed by atoms with Crippen molar-refractivity contribution in [3.05, 3.63) is 39.4 Å². The van der Waals surface area contributed by atoms with Gasteiger partial charge in [-0.15, -0.1) is 0 Å². The van der Waals surface area contributed by atoms with Crippen molar-refractivity contribution in [3.8, 4) is 0 Å². The number of nitrogens with zero attached hydrogens (tertiary/aromatic N) is 1. The zero-order valence-corrected chi connectivity index (χ0v) is 9.85. The third-order valence-corrected chi connectivity index (χ3v) is 3.37. The summed E-state index contributed by atoms with van der Waals surface area (Å²) in [6.45, 7) is 2.46. The molecule has 0 heterocycles. The van der Waals surface area contributed by atoms with Crippen LogP contribution in [0.25, 0.3) is 0 Å². The molecular weight excluding hydrogens is 218 g/mol. The van der Waals surface area contributed by atoms with E-state index in [1.165, 1.54) is 6.07 Å². The number of benzene rings is 1. The van der Waals surface area contributed by atoms with E-state index in [9.17, 15) is 10.1 Å². The maximum absolute atomic E-state index is 10.8. The molecule has 0 unspecified atom stereocenters. The minimum Gasteiger partial charge on any atom is -0.328 e. The minimum atomic E-state index is -0.335. The SMILES string of the molecule is Cc1c(CNC2CC(N)C2)cccc1[N+](=O)[O-]. The van der Waals surface area contributed by atoms with Gasteiger partial charge in [0.05, 0.1) is 4.92 Å². The second-order valence-electron chi connectivity index (χ2n) is 4.63. The van der Waals surface area contributed by atoms with E-state index in [0.717, 1.165) is 24.0 Å². The van der Waals surface area contributed by atoms with Gasteiger partial charge < -0.3 is 11.1 Å². The molecule has 1 saturated carbocycles. The molecule has 0 radical (unpaired) electrons. The number of nitrogens with one attached hydrogen (secondary N) is 1. The summed E-state index contributed by atoms with van der Waals surface area (Å²) in [7, 11) is 0. The van der Waals surface area contributed by atoms with Crippen molar-refractivity contribution in [2.45, 2.75) is 38.4 Å². The Morgan fingerprint density at radius 2 is 2.24 bits per heavy atom. The fraction of sp³-hybridized carbons (Fsp3) is 0.500. The van der Waals surface area contributed by atoms with E-state index in [0.29, 0.717) is 18.6 Å². The zero-order chi connectivity index (χ0) is 12.4. The van der Waals surface area contributed by atoms with Gasteiger partial charge in [0, 0.05) is 30.3 Å². The highest BCUT2D eigenvalue weighted by molar-refractivity contribution is 5.44. The molecule has 0 saturated heterocycles. The highest BCUT2D eigenvalue weighted by atomic mass is 16.6. The van der Waals surface area contributed by atoms with Crippen LogP contribution in [0.5, 0.6) is 0 Å². The molecule has 0 aliphatic heterocycles. The second kappa shape index (κ2) is 4.81. The summed E-state index contributed by atoms with van der Waals surface area (Å²) in [6.07, 6.45) is 1.99. The Hall–Kier alpha value is -1.46. The second-order valence-corrected chi connectivity index (χ2v) is 4.63. The van der Waals surface area contributed by atoms with Crippen molar-refractivity contribution in [3.63, 3.8) is 0 Å². The quantitative estimate of drug-likeness (QED) is 0.612. The summed E-state index contributed by atoms with van der Waals surface area (Å²) in [5, 5.41) is 14.2. The lowest BCUT2D eigenvalue weighted by Gasteiger charge is -2.33. The van der Waals surface area contributed by atoms with E-state index in [1.54, 1.807) is 13.0 Å². The van der Waals surface area contributed by atoms with Crippen LogP contribution in [-0.2, 0) is 6.54 Å². The summed E-state index contributed by atoms with van der Waals surface area (Å²) in [5.41, 5.74) is 7.62. The molecular formula is C12H17N3O2. The molecule has 1 aliphatic carbocycles. The first kappa shape index (κ1) is 12.0. The molecule has 92 valence electrons. The van der Waals surface area contributed by atoms with E-state index < -0.39 is 0 Å². The van der Waals surface area contributed by atoms with E-state index in [-0.39, 0.29) is 10.6 Å². The van der Waals surface area contributed by atoms with Crippen LogP contribution in [0.4, 0.5) is 5.69 Å². The number of hydrogen-bond donors (Lipinski definition) is 2. The molecule has 0 amide bonds. The fourth-order valence-corrected chi connectivity index (χ4v) is 2.14. The monoisotopic (exact) mass is 235 g/mol. The van der Waals surface area contributed by atoms with Gasteiger partial charge in [-0.2, -0.15) is 0 Å². The van der Waals surface area contributed by atoms with Crippen LogP contribution in [0, 0.1) is 17.0 Å². The maximum Gasteiger partial charge on any atom is 0.272 e. The van der Waals surface area contributed by atoms with Gasteiger partial charge in [-0.3, -0.25) is 10.1 Å². The molecule has 1 aliphatic rings. The lowest BCUT2D eigenvalue weighted by molar-refractivity contribution is -0.385. The van der Waals surface area contributed by atoms with Gasteiger partial charge in [0.2, 0.25) is 0 Å².